The first-order valence-corrected chi connectivity index (χ1v) is 11.5. The number of benzene rings is 1. The van der Waals surface area contributed by atoms with E-state index >= 15 is 0 Å². The van der Waals surface area contributed by atoms with Crippen LogP contribution < -0.4 is 0 Å². The summed E-state index contributed by atoms with van der Waals surface area (Å²) in [6.07, 6.45) is 24.8. The molecule has 0 aliphatic carbocycles. The predicted molar refractivity (Wildman–Crippen MR) is 118 cm³/mol. The Balaban J connectivity index is 1.73. The van der Waals surface area contributed by atoms with Crippen molar-refractivity contribution >= 4 is 6.21 Å². The van der Waals surface area contributed by atoms with Gasteiger partial charge >= 0.3 is 0 Å². The number of hydrogen-bond donors (Lipinski definition) is 0. The summed E-state index contributed by atoms with van der Waals surface area (Å²) in [5, 5.41) is 0. The first-order chi connectivity index (χ1) is 12.9. The molecule has 26 heavy (non-hydrogen) atoms. The van der Waals surface area contributed by atoms with Gasteiger partial charge in [-0.3, -0.25) is 4.99 Å². The van der Waals surface area contributed by atoms with Crippen LogP contribution in [-0.4, -0.2) is 12.8 Å². The fourth-order valence-corrected chi connectivity index (χ4v) is 3.46. The molecule has 0 heterocycles. The number of aliphatic imine (C=N–C) groups is 1. The third-order valence-electron chi connectivity index (χ3n) is 5.18. The highest BCUT2D eigenvalue weighted by Gasteiger charge is 1.94. The molecule has 0 spiro atoms. The maximum atomic E-state index is 4.52. The second-order valence-corrected chi connectivity index (χ2v) is 7.75. The van der Waals surface area contributed by atoms with Crippen LogP contribution in [0.5, 0.6) is 0 Å². The molecule has 0 radical (unpaired) electrons. The fourth-order valence-electron chi connectivity index (χ4n) is 3.46. The number of unbranched alkanes of at least 4 members (excludes halogenated alkanes) is 15. The minimum Gasteiger partial charge on any atom is -0.293 e. The van der Waals surface area contributed by atoms with Crippen molar-refractivity contribution in [2.24, 2.45) is 4.99 Å². The quantitative estimate of drug-likeness (QED) is 0.185. The summed E-state index contributed by atoms with van der Waals surface area (Å²) < 4.78 is 0. The van der Waals surface area contributed by atoms with Crippen molar-refractivity contribution in [2.75, 3.05) is 6.54 Å². The third-order valence-corrected chi connectivity index (χ3v) is 5.18. The van der Waals surface area contributed by atoms with Gasteiger partial charge in [-0.2, -0.15) is 0 Å². The molecule has 0 saturated heterocycles. The van der Waals surface area contributed by atoms with Crippen LogP contribution in [0.3, 0.4) is 0 Å². The van der Waals surface area contributed by atoms with Gasteiger partial charge in [0.05, 0.1) is 0 Å². The lowest BCUT2D eigenvalue weighted by Gasteiger charge is -2.03. The zero-order chi connectivity index (χ0) is 18.5. The Morgan fingerprint density at radius 3 is 1.46 bits per heavy atom. The second kappa shape index (κ2) is 18.7. The van der Waals surface area contributed by atoms with Crippen molar-refractivity contribution in [2.45, 2.75) is 110 Å². The highest BCUT2D eigenvalue weighted by Crippen LogP contribution is 2.13. The van der Waals surface area contributed by atoms with E-state index in [0.717, 1.165) is 6.54 Å². The Hall–Kier alpha value is -1.11. The van der Waals surface area contributed by atoms with E-state index in [1.54, 1.807) is 0 Å². The average molecular weight is 358 g/mol. The van der Waals surface area contributed by atoms with E-state index in [9.17, 15) is 0 Å². The summed E-state index contributed by atoms with van der Waals surface area (Å²) in [7, 11) is 0. The number of rotatable bonds is 18. The summed E-state index contributed by atoms with van der Waals surface area (Å²) in [5.41, 5.74) is 1.21. The summed E-state index contributed by atoms with van der Waals surface area (Å²) in [5.74, 6) is 0. The molecule has 0 aromatic heterocycles. The SMILES string of the molecule is CCCCCCCCCCCCCCCCCC/N=C/c1ccccc1. The molecule has 1 rings (SSSR count). The molecule has 0 aliphatic heterocycles. The van der Waals surface area contributed by atoms with E-state index in [1.165, 1.54) is 108 Å². The first kappa shape index (κ1) is 22.9. The van der Waals surface area contributed by atoms with Gasteiger partial charge in [-0.05, 0) is 12.0 Å². The summed E-state index contributed by atoms with van der Waals surface area (Å²) in [4.78, 5) is 4.52. The van der Waals surface area contributed by atoms with Crippen molar-refractivity contribution in [1.29, 1.82) is 0 Å². The van der Waals surface area contributed by atoms with Crippen LogP contribution in [0.15, 0.2) is 35.3 Å². The minimum atomic E-state index is 0.980. The highest BCUT2D eigenvalue weighted by molar-refractivity contribution is 5.79. The van der Waals surface area contributed by atoms with Gasteiger partial charge in [-0.15, -0.1) is 0 Å². The van der Waals surface area contributed by atoms with Gasteiger partial charge in [0.2, 0.25) is 0 Å². The Morgan fingerprint density at radius 2 is 1.00 bits per heavy atom. The molecular weight excluding hydrogens is 314 g/mol. The summed E-state index contributed by atoms with van der Waals surface area (Å²) in [6.45, 7) is 3.27. The summed E-state index contributed by atoms with van der Waals surface area (Å²) in [6, 6.07) is 10.4. The van der Waals surface area contributed by atoms with Crippen molar-refractivity contribution in [3.05, 3.63) is 35.9 Å². The van der Waals surface area contributed by atoms with Crippen LogP contribution in [-0.2, 0) is 0 Å². The predicted octanol–water partition coefficient (Wildman–Crippen LogP) is 8.37. The van der Waals surface area contributed by atoms with Crippen molar-refractivity contribution in [1.82, 2.24) is 0 Å². The highest BCUT2D eigenvalue weighted by atomic mass is 14.7. The van der Waals surface area contributed by atoms with Crippen LogP contribution in [0, 0.1) is 0 Å². The van der Waals surface area contributed by atoms with Crippen LogP contribution in [0.4, 0.5) is 0 Å². The van der Waals surface area contributed by atoms with Crippen LogP contribution in [0.2, 0.25) is 0 Å². The van der Waals surface area contributed by atoms with Gasteiger partial charge in [-0.25, -0.2) is 0 Å². The molecule has 0 amide bonds. The minimum absolute atomic E-state index is 0.980. The van der Waals surface area contributed by atoms with E-state index in [4.69, 9.17) is 0 Å². The van der Waals surface area contributed by atoms with E-state index in [0.29, 0.717) is 0 Å². The third kappa shape index (κ3) is 15.2. The normalized spacial score (nSPS) is 11.4. The van der Waals surface area contributed by atoms with Gasteiger partial charge in [-0.1, -0.05) is 134 Å². The average Bonchev–Trinajstić information content (AvgIpc) is 2.68. The van der Waals surface area contributed by atoms with E-state index < -0.39 is 0 Å². The van der Waals surface area contributed by atoms with Gasteiger partial charge in [0.25, 0.3) is 0 Å². The molecule has 1 nitrogen and oxygen atoms in total. The molecule has 0 aliphatic rings. The zero-order valence-electron chi connectivity index (χ0n) is 17.4. The van der Waals surface area contributed by atoms with Crippen molar-refractivity contribution < 1.29 is 0 Å². The molecule has 0 unspecified atom stereocenters. The molecular formula is C25H43N. The first-order valence-electron chi connectivity index (χ1n) is 11.5. The standard InChI is InChI=1S/C25H43N/c1-2-3-4-5-6-7-8-9-10-11-12-13-14-15-16-20-23-26-24-25-21-18-17-19-22-25/h17-19,21-22,24H,2-16,20,23H2,1H3/b26-24+. The zero-order valence-corrected chi connectivity index (χ0v) is 17.4. The lowest BCUT2D eigenvalue weighted by Crippen LogP contribution is -1.86. The van der Waals surface area contributed by atoms with Crippen LogP contribution >= 0.6 is 0 Å². The summed E-state index contributed by atoms with van der Waals surface area (Å²) >= 11 is 0. The van der Waals surface area contributed by atoms with Gasteiger partial charge in [0.15, 0.2) is 0 Å². The number of nitrogens with zero attached hydrogens (tertiary/aromatic N) is 1. The Kier molecular flexibility index (Phi) is 16.5. The largest absolute Gasteiger partial charge is 0.293 e. The maximum absolute atomic E-state index is 4.52. The molecule has 0 atom stereocenters. The Morgan fingerprint density at radius 1 is 0.577 bits per heavy atom. The molecule has 0 N–H and O–H groups in total. The van der Waals surface area contributed by atoms with Gasteiger partial charge in [0, 0.05) is 12.8 Å². The smallest absolute Gasteiger partial charge is 0.0389 e. The maximum Gasteiger partial charge on any atom is 0.0389 e. The van der Waals surface area contributed by atoms with E-state index in [2.05, 4.69) is 36.2 Å². The molecule has 148 valence electrons. The van der Waals surface area contributed by atoms with Crippen LogP contribution in [0.25, 0.3) is 0 Å². The molecule has 0 bridgehead atoms. The van der Waals surface area contributed by atoms with Gasteiger partial charge < -0.3 is 0 Å². The van der Waals surface area contributed by atoms with Crippen LogP contribution in [0.1, 0.15) is 115 Å². The monoisotopic (exact) mass is 357 g/mol. The Labute approximate surface area is 163 Å². The Bertz CT molecular complexity index is 409. The fraction of sp³-hybridized carbons (Fsp3) is 0.720. The molecule has 1 heteroatoms. The molecule has 0 saturated carbocycles. The van der Waals surface area contributed by atoms with Gasteiger partial charge in [0.1, 0.15) is 0 Å². The van der Waals surface area contributed by atoms with E-state index in [1.807, 2.05) is 12.3 Å². The van der Waals surface area contributed by atoms with Crippen molar-refractivity contribution in [3.63, 3.8) is 0 Å². The van der Waals surface area contributed by atoms with Crippen molar-refractivity contribution in [3.8, 4) is 0 Å². The second-order valence-electron chi connectivity index (χ2n) is 7.75. The molecule has 1 aromatic rings. The molecule has 0 fully saturated rings. The number of hydrogen-bond acceptors (Lipinski definition) is 1. The lowest BCUT2D eigenvalue weighted by molar-refractivity contribution is 0.530. The van der Waals surface area contributed by atoms with E-state index in [-0.39, 0.29) is 0 Å². The topological polar surface area (TPSA) is 12.4 Å². The lowest BCUT2D eigenvalue weighted by atomic mass is 10.0. The molecule has 1 aromatic carbocycles.